The molecule has 1 aliphatic carbocycles. The fourth-order valence-electron chi connectivity index (χ4n) is 4.04. The molecule has 1 aromatic carbocycles. The number of aryl methyl sites for hydroxylation is 1. The van der Waals surface area contributed by atoms with E-state index in [0.29, 0.717) is 11.3 Å². The molecule has 2 fully saturated rings. The molecular formula is C22H33N3O3. The second kappa shape index (κ2) is 8.11. The summed E-state index contributed by atoms with van der Waals surface area (Å²) in [6.45, 7) is 10.9. The molecule has 154 valence electrons. The monoisotopic (exact) mass is 387 g/mol. The van der Waals surface area contributed by atoms with Gasteiger partial charge in [-0.15, -0.1) is 0 Å². The number of ether oxygens (including phenoxy) is 1. The van der Waals surface area contributed by atoms with Crippen LogP contribution < -0.4 is 10.6 Å². The van der Waals surface area contributed by atoms with Gasteiger partial charge in [-0.3, -0.25) is 4.79 Å². The van der Waals surface area contributed by atoms with Crippen LogP contribution in [-0.2, 0) is 4.74 Å². The lowest BCUT2D eigenvalue weighted by Crippen LogP contribution is -2.42. The third-order valence-corrected chi connectivity index (χ3v) is 5.78. The van der Waals surface area contributed by atoms with Crippen molar-refractivity contribution in [2.75, 3.05) is 11.9 Å². The Hall–Kier alpha value is -2.08. The van der Waals surface area contributed by atoms with E-state index < -0.39 is 0 Å². The lowest BCUT2D eigenvalue weighted by atomic mass is 10.0. The van der Waals surface area contributed by atoms with Gasteiger partial charge in [-0.1, -0.05) is 0 Å². The Balaban J connectivity index is 1.58. The number of nitrogens with one attached hydrogen (secondary N) is 2. The van der Waals surface area contributed by atoms with E-state index in [1.165, 1.54) is 6.42 Å². The number of hydrogen-bond donors (Lipinski definition) is 2. The summed E-state index contributed by atoms with van der Waals surface area (Å²) >= 11 is 0. The first kappa shape index (κ1) is 20.6. The molecular weight excluding hydrogens is 354 g/mol. The van der Waals surface area contributed by atoms with Crippen LogP contribution in [0, 0.1) is 6.92 Å². The van der Waals surface area contributed by atoms with E-state index in [0.717, 1.165) is 31.4 Å². The van der Waals surface area contributed by atoms with Crippen molar-refractivity contribution in [1.29, 1.82) is 0 Å². The molecule has 28 heavy (non-hydrogen) atoms. The number of likely N-dealkylation sites (tertiary alicyclic amines) is 1. The molecule has 0 radical (unpaired) electrons. The van der Waals surface area contributed by atoms with Gasteiger partial charge in [-0.2, -0.15) is 0 Å². The van der Waals surface area contributed by atoms with E-state index in [4.69, 9.17) is 4.74 Å². The van der Waals surface area contributed by atoms with Crippen LogP contribution in [0.1, 0.15) is 69.3 Å². The maximum atomic E-state index is 12.8. The molecule has 0 aromatic heterocycles. The van der Waals surface area contributed by atoms with Crippen molar-refractivity contribution < 1.29 is 14.3 Å². The standard InChI is InChI=1S/C22H33N3O3/c1-14(2)28-22(5)13-19(22)24-21(27)23-18-10-9-17(12-15(18)3)20(26)25-11-7-6-8-16(25)4/h9-10,12,14,16,19H,6-8,11,13H2,1-5H3,(H2,23,24,27)/t16?,19-,22+/m1/s1. The Morgan fingerprint density at radius 3 is 2.68 bits per heavy atom. The molecule has 0 bridgehead atoms. The molecule has 2 N–H and O–H groups in total. The highest BCUT2D eigenvalue weighted by Crippen LogP contribution is 2.40. The van der Waals surface area contributed by atoms with E-state index in [-0.39, 0.29) is 35.7 Å². The number of amides is 3. The molecule has 1 unspecified atom stereocenters. The van der Waals surface area contributed by atoms with Crippen LogP contribution in [0.15, 0.2) is 18.2 Å². The first-order chi connectivity index (χ1) is 13.2. The van der Waals surface area contributed by atoms with Crippen molar-refractivity contribution in [3.05, 3.63) is 29.3 Å². The van der Waals surface area contributed by atoms with Gasteiger partial charge in [0, 0.05) is 30.3 Å². The van der Waals surface area contributed by atoms with Gasteiger partial charge in [0.2, 0.25) is 0 Å². The second-order valence-electron chi connectivity index (χ2n) is 8.71. The molecule has 1 saturated carbocycles. The van der Waals surface area contributed by atoms with Gasteiger partial charge in [0.25, 0.3) is 5.91 Å². The van der Waals surface area contributed by atoms with Crippen molar-refractivity contribution >= 4 is 17.6 Å². The van der Waals surface area contributed by atoms with Crippen molar-refractivity contribution in [3.8, 4) is 0 Å². The Bertz CT molecular complexity index is 749. The fraction of sp³-hybridized carbons (Fsp3) is 0.636. The summed E-state index contributed by atoms with van der Waals surface area (Å²) in [5, 5.41) is 5.87. The van der Waals surface area contributed by atoms with E-state index in [9.17, 15) is 9.59 Å². The molecule has 0 spiro atoms. The number of nitrogens with zero attached hydrogens (tertiary/aromatic N) is 1. The van der Waals surface area contributed by atoms with Crippen molar-refractivity contribution in [3.63, 3.8) is 0 Å². The summed E-state index contributed by atoms with van der Waals surface area (Å²) in [4.78, 5) is 27.1. The smallest absolute Gasteiger partial charge is 0.319 e. The topological polar surface area (TPSA) is 70.7 Å². The SMILES string of the molecule is Cc1cc(C(=O)N2CCCCC2C)ccc1NC(=O)N[C@@H]1C[C@]1(C)OC(C)C. The summed E-state index contributed by atoms with van der Waals surface area (Å²) in [6.07, 6.45) is 4.26. The predicted molar refractivity (Wildman–Crippen MR) is 111 cm³/mol. The summed E-state index contributed by atoms with van der Waals surface area (Å²) in [5.74, 6) is 0.0749. The Morgan fingerprint density at radius 1 is 1.29 bits per heavy atom. The molecule has 3 rings (SSSR count). The number of rotatable bonds is 5. The Morgan fingerprint density at radius 2 is 2.04 bits per heavy atom. The molecule has 3 amide bonds. The number of carbonyl (C=O) groups is 2. The number of anilines is 1. The zero-order chi connectivity index (χ0) is 20.5. The van der Waals surface area contributed by atoms with Gasteiger partial charge in [0.15, 0.2) is 0 Å². The van der Waals surface area contributed by atoms with E-state index >= 15 is 0 Å². The molecule has 3 atom stereocenters. The molecule has 6 nitrogen and oxygen atoms in total. The number of hydrogen-bond acceptors (Lipinski definition) is 3. The zero-order valence-corrected chi connectivity index (χ0v) is 17.7. The first-order valence-corrected chi connectivity index (χ1v) is 10.4. The third kappa shape index (κ3) is 4.66. The van der Waals surface area contributed by atoms with Crippen LogP contribution in [0.2, 0.25) is 0 Å². The summed E-state index contributed by atoms with van der Waals surface area (Å²) in [6, 6.07) is 5.54. The van der Waals surface area contributed by atoms with Gasteiger partial charge < -0.3 is 20.3 Å². The maximum Gasteiger partial charge on any atom is 0.319 e. The van der Waals surface area contributed by atoms with Gasteiger partial charge in [0.1, 0.15) is 0 Å². The van der Waals surface area contributed by atoms with Gasteiger partial charge in [-0.05, 0) is 77.6 Å². The molecule has 2 aliphatic rings. The first-order valence-electron chi connectivity index (χ1n) is 10.4. The minimum atomic E-state index is -0.276. The van der Waals surface area contributed by atoms with Crippen LogP contribution in [0.5, 0.6) is 0 Å². The maximum absolute atomic E-state index is 12.8. The van der Waals surface area contributed by atoms with Gasteiger partial charge in [0.05, 0.1) is 17.7 Å². The lowest BCUT2D eigenvalue weighted by Gasteiger charge is -2.33. The number of urea groups is 1. The van der Waals surface area contributed by atoms with Crippen LogP contribution >= 0.6 is 0 Å². The van der Waals surface area contributed by atoms with E-state index in [2.05, 4.69) is 17.6 Å². The van der Waals surface area contributed by atoms with Crippen molar-refractivity contribution in [2.45, 2.75) is 84.1 Å². The zero-order valence-electron chi connectivity index (χ0n) is 17.7. The minimum Gasteiger partial charge on any atom is -0.370 e. The third-order valence-electron chi connectivity index (χ3n) is 5.78. The summed E-state index contributed by atoms with van der Waals surface area (Å²) in [7, 11) is 0. The number of benzene rings is 1. The van der Waals surface area contributed by atoms with Gasteiger partial charge >= 0.3 is 6.03 Å². The molecule has 1 saturated heterocycles. The highest BCUT2D eigenvalue weighted by atomic mass is 16.5. The highest BCUT2D eigenvalue weighted by Gasteiger charge is 2.53. The van der Waals surface area contributed by atoms with Crippen LogP contribution in [0.4, 0.5) is 10.5 Å². The number of carbonyl (C=O) groups excluding carboxylic acids is 2. The highest BCUT2D eigenvalue weighted by molar-refractivity contribution is 5.96. The minimum absolute atomic E-state index is 0.0247. The largest absolute Gasteiger partial charge is 0.370 e. The average Bonchev–Trinajstić information content (AvgIpc) is 3.23. The Kier molecular flexibility index (Phi) is 5.98. The second-order valence-corrected chi connectivity index (χ2v) is 8.71. The Labute approximate surface area is 168 Å². The van der Waals surface area contributed by atoms with Crippen LogP contribution in [-0.4, -0.2) is 47.2 Å². The van der Waals surface area contributed by atoms with Crippen LogP contribution in [0.25, 0.3) is 0 Å². The van der Waals surface area contributed by atoms with Gasteiger partial charge in [-0.25, -0.2) is 4.79 Å². The molecule has 1 aliphatic heterocycles. The molecule has 6 heteroatoms. The van der Waals surface area contributed by atoms with E-state index in [1.54, 1.807) is 6.07 Å². The average molecular weight is 388 g/mol. The van der Waals surface area contributed by atoms with Crippen molar-refractivity contribution in [2.24, 2.45) is 0 Å². The lowest BCUT2D eigenvalue weighted by molar-refractivity contribution is -0.00450. The van der Waals surface area contributed by atoms with Crippen molar-refractivity contribution in [1.82, 2.24) is 10.2 Å². The summed E-state index contributed by atoms with van der Waals surface area (Å²) < 4.78 is 5.86. The normalized spacial score (nSPS) is 26.9. The van der Waals surface area contributed by atoms with Crippen LogP contribution in [0.3, 0.4) is 0 Å². The fourth-order valence-corrected chi connectivity index (χ4v) is 4.04. The predicted octanol–water partition coefficient (Wildman–Crippen LogP) is 4.09. The van der Waals surface area contributed by atoms with E-state index in [1.807, 2.05) is 44.7 Å². The quantitative estimate of drug-likeness (QED) is 0.799. The summed E-state index contributed by atoms with van der Waals surface area (Å²) in [5.41, 5.74) is 2.00. The molecule has 1 heterocycles. The number of piperidine rings is 1. The molecule has 1 aromatic rings.